The fraction of sp³-hybridized carbons (Fsp3) is 0.333. The van der Waals surface area contributed by atoms with Gasteiger partial charge in [0.05, 0.1) is 15.9 Å². The van der Waals surface area contributed by atoms with Crippen LogP contribution in [0.3, 0.4) is 0 Å². The molecule has 1 N–H and O–H groups in total. The molecule has 0 amide bonds. The van der Waals surface area contributed by atoms with Crippen LogP contribution in [0.4, 0.5) is 4.39 Å². The lowest BCUT2D eigenvalue weighted by molar-refractivity contribution is 0.443. The van der Waals surface area contributed by atoms with Gasteiger partial charge in [-0.2, -0.15) is 0 Å². The van der Waals surface area contributed by atoms with Crippen molar-refractivity contribution in [2.45, 2.75) is 19.4 Å². The van der Waals surface area contributed by atoms with Gasteiger partial charge in [-0.25, -0.2) is 4.39 Å². The van der Waals surface area contributed by atoms with Crippen molar-refractivity contribution in [1.82, 2.24) is 5.32 Å². The van der Waals surface area contributed by atoms with Gasteiger partial charge in [0.25, 0.3) is 0 Å². The predicted molar refractivity (Wildman–Crippen MR) is 66.0 cm³/mol. The second-order valence-corrected chi connectivity index (χ2v) is 4.52. The lowest BCUT2D eigenvalue weighted by Gasteiger charge is -2.09. The molecule has 2 aromatic rings. The van der Waals surface area contributed by atoms with Crippen LogP contribution in [0.5, 0.6) is 0 Å². The van der Waals surface area contributed by atoms with Crippen LogP contribution in [-0.2, 0) is 0 Å². The van der Waals surface area contributed by atoms with Gasteiger partial charge in [-0.3, -0.25) is 0 Å². The minimum atomic E-state index is -0.251. The van der Waals surface area contributed by atoms with Crippen molar-refractivity contribution in [2.75, 3.05) is 7.05 Å². The van der Waals surface area contributed by atoms with Crippen LogP contribution >= 0.6 is 15.9 Å². The first-order valence-electron chi connectivity index (χ1n) is 5.22. The second-order valence-electron chi connectivity index (χ2n) is 3.67. The van der Waals surface area contributed by atoms with E-state index in [0.717, 1.165) is 16.7 Å². The molecule has 0 radical (unpaired) electrons. The standard InChI is InChI=1S/C12H13BrFNO/c1-3-10(15-2)11-6-7-9(14)5-4-8(13)12(7)16-11/h4-6,10,15H,3H2,1-2H3. The van der Waals surface area contributed by atoms with Gasteiger partial charge in [0.1, 0.15) is 11.6 Å². The Morgan fingerprint density at radius 3 is 2.81 bits per heavy atom. The summed E-state index contributed by atoms with van der Waals surface area (Å²) in [5.41, 5.74) is 0.573. The van der Waals surface area contributed by atoms with Crippen LogP contribution in [0.2, 0.25) is 0 Å². The first-order chi connectivity index (χ1) is 7.67. The minimum Gasteiger partial charge on any atom is -0.458 e. The molecular formula is C12H13BrFNO. The number of fused-ring (bicyclic) bond motifs is 1. The highest BCUT2D eigenvalue weighted by atomic mass is 79.9. The molecule has 4 heteroatoms. The largest absolute Gasteiger partial charge is 0.458 e. The molecule has 0 fully saturated rings. The third-order valence-corrected chi connectivity index (χ3v) is 3.33. The fourth-order valence-corrected chi connectivity index (χ4v) is 2.22. The maximum Gasteiger partial charge on any atom is 0.151 e. The molecule has 1 unspecified atom stereocenters. The van der Waals surface area contributed by atoms with Crippen LogP contribution in [0.15, 0.2) is 27.1 Å². The van der Waals surface area contributed by atoms with Gasteiger partial charge in [-0.05, 0) is 47.6 Å². The summed E-state index contributed by atoms with van der Waals surface area (Å²) in [5.74, 6) is 0.518. The smallest absolute Gasteiger partial charge is 0.151 e. The van der Waals surface area contributed by atoms with Crippen molar-refractivity contribution in [3.63, 3.8) is 0 Å². The Morgan fingerprint density at radius 2 is 2.25 bits per heavy atom. The van der Waals surface area contributed by atoms with Crippen molar-refractivity contribution in [2.24, 2.45) is 0 Å². The van der Waals surface area contributed by atoms with E-state index in [9.17, 15) is 4.39 Å². The zero-order valence-corrected chi connectivity index (χ0v) is 10.8. The third kappa shape index (κ3) is 1.87. The van der Waals surface area contributed by atoms with Gasteiger partial charge < -0.3 is 9.73 Å². The predicted octanol–water partition coefficient (Wildman–Crippen LogP) is 4.00. The first kappa shape index (κ1) is 11.6. The third-order valence-electron chi connectivity index (χ3n) is 2.70. The summed E-state index contributed by atoms with van der Waals surface area (Å²) in [6.07, 6.45) is 0.898. The Labute approximate surface area is 102 Å². The van der Waals surface area contributed by atoms with Crippen LogP contribution in [0.25, 0.3) is 11.0 Å². The molecule has 0 saturated heterocycles. The molecule has 0 bridgehead atoms. The highest BCUT2D eigenvalue weighted by molar-refractivity contribution is 9.10. The molecule has 0 spiro atoms. The van der Waals surface area contributed by atoms with Gasteiger partial charge in [0.2, 0.25) is 0 Å². The van der Waals surface area contributed by atoms with Crippen molar-refractivity contribution in [3.8, 4) is 0 Å². The molecule has 0 aliphatic rings. The lowest BCUT2D eigenvalue weighted by Crippen LogP contribution is -2.14. The zero-order chi connectivity index (χ0) is 11.7. The average molecular weight is 286 g/mol. The van der Waals surface area contributed by atoms with Gasteiger partial charge >= 0.3 is 0 Å². The van der Waals surface area contributed by atoms with Crippen molar-refractivity contribution in [3.05, 3.63) is 34.2 Å². The Balaban J connectivity index is 2.59. The molecule has 0 saturated carbocycles. The van der Waals surface area contributed by atoms with E-state index in [1.807, 2.05) is 7.05 Å². The molecule has 2 nitrogen and oxygen atoms in total. The summed E-state index contributed by atoms with van der Waals surface area (Å²) in [4.78, 5) is 0. The van der Waals surface area contributed by atoms with Crippen LogP contribution in [0, 0.1) is 5.82 Å². The quantitative estimate of drug-likeness (QED) is 0.922. The number of benzene rings is 1. The Hall–Kier alpha value is -0.870. The van der Waals surface area contributed by atoms with E-state index in [1.165, 1.54) is 6.07 Å². The molecule has 1 heterocycles. The summed E-state index contributed by atoms with van der Waals surface area (Å²) in [7, 11) is 1.87. The average Bonchev–Trinajstić information content (AvgIpc) is 2.71. The topological polar surface area (TPSA) is 25.2 Å². The van der Waals surface area contributed by atoms with Crippen LogP contribution in [-0.4, -0.2) is 7.05 Å². The number of rotatable bonds is 3. The summed E-state index contributed by atoms with van der Waals surface area (Å²) in [5, 5.41) is 3.66. The summed E-state index contributed by atoms with van der Waals surface area (Å²) in [6, 6.07) is 4.98. The van der Waals surface area contributed by atoms with Gasteiger partial charge in [0, 0.05) is 0 Å². The fourth-order valence-electron chi connectivity index (χ4n) is 1.80. The molecule has 0 aliphatic carbocycles. The minimum absolute atomic E-state index is 0.124. The van der Waals surface area contributed by atoms with E-state index in [-0.39, 0.29) is 11.9 Å². The number of hydrogen-bond acceptors (Lipinski definition) is 2. The molecule has 86 valence electrons. The van der Waals surface area contributed by atoms with Gasteiger partial charge in [-0.15, -0.1) is 0 Å². The van der Waals surface area contributed by atoms with Crippen molar-refractivity contribution in [1.29, 1.82) is 0 Å². The van der Waals surface area contributed by atoms with Crippen LogP contribution in [0.1, 0.15) is 25.1 Å². The maximum atomic E-state index is 13.5. The van der Waals surface area contributed by atoms with Crippen LogP contribution < -0.4 is 5.32 Å². The van der Waals surface area contributed by atoms with Crippen molar-refractivity contribution < 1.29 is 8.81 Å². The monoisotopic (exact) mass is 285 g/mol. The van der Waals surface area contributed by atoms with E-state index < -0.39 is 0 Å². The summed E-state index contributed by atoms with van der Waals surface area (Å²) < 4.78 is 20.0. The Kier molecular flexibility index (Phi) is 3.30. The number of nitrogens with one attached hydrogen (secondary N) is 1. The summed E-state index contributed by atoms with van der Waals surface area (Å²) in [6.45, 7) is 2.06. The number of furan rings is 1. The zero-order valence-electron chi connectivity index (χ0n) is 9.18. The van der Waals surface area contributed by atoms with Gasteiger partial charge in [0.15, 0.2) is 5.58 Å². The number of halogens is 2. The SMILES string of the molecule is CCC(NC)c1cc2c(F)ccc(Br)c2o1. The van der Waals surface area contributed by atoms with E-state index in [0.29, 0.717) is 11.0 Å². The molecular weight excluding hydrogens is 273 g/mol. The first-order valence-corrected chi connectivity index (χ1v) is 6.01. The highest BCUT2D eigenvalue weighted by Gasteiger charge is 2.16. The molecule has 16 heavy (non-hydrogen) atoms. The number of hydrogen-bond donors (Lipinski definition) is 1. The van der Waals surface area contributed by atoms with E-state index in [1.54, 1.807) is 12.1 Å². The van der Waals surface area contributed by atoms with E-state index in [2.05, 4.69) is 28.2 Å². The second kappa shape index (κ2) is 4.55. The van der Waals surface area contributed by atoms with Crippen molar-refractivity contribution >= 4 is 26.9 Å². The molecule has 0 aliphatic heterocycles. The van der Waals surface area contributed by atoms with E-state index >= 15 is 0 Å². The Bertz CT molecular complexity index is 466. The highest BCUT2D eigenvalue weighted by Crippen LogP contribution is 2.32. The molecule has 1 aromatic carbocycles. The Morgan fingerprint density at radius 1 is 1.50 bits per heavy atom. The normalized spacial score (nSPS) is 13.2. The summed E-state index contributed by atoms with van der Waals surface area (Å²) >= 11 is 3.36. The van der Waals surface area contributed by atoms with Gasteiger partial charge in [-0.1, -0.05) is 6.92 Å². The molecule has 1 atom stereocenters. The molecule has 2 rings (SSSR count). The lowest BCUT2D eigenvalue weighted by atomic mass is 10.1. The van der Waals surface area contributed by atoms with E-state index in [4.69, 9.17) is 4.42 Å². The maximum absolute atomic E-state index is 13.5. The molecule has 1 aromatic heterocycles.